The number of nitrogens with one attached hydrogen (secondary N) is 1. The van der Waals surface area contributed by atoms with Crippen molar-refractivity contribution in [3.05, 3.63) is 18.5 Å². The van der Waals surface area contributed by atoms with E-state index in [9.17, 15) is 14.4 Å². The van der Waals surface area contributed by atoms with Crippen LogP contribution >= 0.6 is 0 Å². The fourth-order valence-electron chi connectivity index (χ4n) is 3.42. The lowest BCUT2D eigenvalue weighted by atomic mass is 9.96. The van der Waals surface area contributed by atoms with E-state index in [0.717, 1.165) is 5.82 Å². The first-order chi connectivity index (χ1) is 12.5. The lowest BCUT2D eigenvalue weighted by molar-refractivity contribution is -0.146. The number of carbonyl (C=O) groups is 3. The SMILES string of the molecule is C=CC(=O)N1CCC(C(=O)Nc2nc3n(n2)CC(C(=O)OC)CC3)CC1. The first-order valence-corrected chi connectivity index (χ1v) is 8.75. The van der Waals surface area contributed by atoms with Crippen LogP contribution in [-0.2, 0) is 32.1 Å². The van der Waals surface area contributed by atoms with Gasteiger partial charge in [0.2, 0.25) is 17.8 Å². The second-order valence-corrected chi connectivity index (χ2v) is 6.59. The highest BCUT2D eigenvalue weighted by atomic mass is 16.5. The molecule has 26 heavy (non-hydrogen) atoms. The first kappa shape index (κ1) is 18.1. The Bertz CT molecular complexity index is 721. The molecule has 1 unspecified atom stereocenters. The van der Waals surface area contributed by atoms with Gasteiger partial charge in [0.05, 0.1) is 19.6 Å². The third kappa shape index (κ3) is 3.76. The zero-order valence-electron chi connectivity index (χ0n) is 14.8. The summed E-state index contributed by atoms with van der Waals surface area (Å²) in [7, 11) is 1.37. The Morgan fingerprint density at radius 1 is 1.23 bits per heavy atom. The Balaban J connectivity index is 1.56. The Labute approximate surface area is 151 Å². The number of aromatic nitrogens is 3. The highest BCUT2D eigenvalue weighted by Gasteiger charge is 2.30. The van der Waals surface area contributed by atoms with Crippen LogP contribution < -0.4 is 5.32 Å². The van der Waals surface area contributed by atoms with E-state index in [0.29, 0.717) is 45.3 Å². The number of carbonyl (C=O) groups excluding carboxylic acids is 3. The highest BCUT2D eigenvalue weighted by Crippen LogP contribution is 2.22. The summed E-state index contributed by atoms with van der Waals surface area (Å²) in [5.41, 5.74) is 0. The van der Waals surface area contributed by atoms with Gasteiger partial charge in [-0.1, -0.05) is 6.58 Å². The van der Waals surface area contributed by atoms with Gasteiger partial charge in [-0.2, -0.15) is 4.98 Å². The van der Waals surface area contributed by atoms with E-state index in [-0.39, 0.29) is 35.6 Å². The second kappa shape index (κ2) is 7.67. The Hall–Kier alpha value is -2.71. The van der Waals surface area contributed by atoms with Crippen LogP contribution in [0, 0.1) is 11.8 Å². The van der Waals surface area contributed by atoms with Gasteiger partial charge in [0, 0.05) is 25.4 Å². The van der Waals surface area contributed by atoms with Crippen molar-refractivity contribution in [3.8, 4) is 0 Å². The van der Waals surface area contributed by atoms with E-state index in [4.69, 9.17) is 4.74 Å². The van der Waals surface area contributed by atoms with E-state index < -0.39 is 0 Å². The number of rotatable bonds is 4. The maximum atomic E-state index is 12.4. The van der Waals surface area contributed by atoms with Crippen molar-refractivity contribution in [2.24, 2.45) is 11.8 Å². The molecule has 140 valence electrons. The molecule has 0 saturated carbocycles. The van der Waals surface area contributed by atoms with Crippen LogP contribution in [0.4, 0.5) is 5.95 Å². The molecular formula is C17H23N5O4. The smallest absolute Gasteiger partial charge is 0.310 e. The Morgan fingerprint density at radius 2 is 1.96 bits per heavy atom. The maximum absolute atomic E-state index is 12.4. The molecule has 1 atom stereocenters. The molecule has 2 aliphatic rings. The standard InChI is InChI=1S/C17H23N5O4/c1-3-14(23)21-8-6-11(7-9-21)15(24)19-17-18-13-5-4-12(16(25)26-2)10-22(13)20-17/h3,11-12H,1,4-10H2,2H3,(H,19,20,24). The predicted molar refractivity (Wildman–Crippen MR) is 92.0 cm³/mol. The normalized spacial score (nSPS) is 20.2. The molecule has 0 aliphatic carbocycles. The van der Waals surface area contributed by atoms with Gasteiger partial charge in [0.25, 0.3) is 0 Å². The number of hydrogen-bond donors (Lipinski definition) is 1. The third-order valence-corrected chi connectivity index (χ3v) is 4.98. The molecule has 3 rings (SSSR count). The number of likely N-dealkylation sites (tertiary alicyclic amines) is 1. The number of esters is 1. The van der Waals surface area contributed by atoms with Crippen molar-refractivity contribution in [2.75, 3.05) is 25.5 Å². The number of aryl methyl sites for hydroxylation is 1. The molecule has 1 aromatic rings. The van der Waals surface area contributed by atoms with Gasteiger partial charge >= 0.3 is 5.97 Å². The summed E-state index contributed by atoms with van der Waals surface area (Å²) < 4.78 is 6.44. The number of anilines is 1. The van der Waals surface area contributed by atoms with Crippen LogP contribution in [-0.4, -0.2) is 57.6 Å². The maximum Gasteiger partial charge on any atom is 0.310 e. The predicted octanol–water partition coefficient (Wildman–Crippen LogP) is 0.377. The summed E-state index contributed by atoms with van der Waals surface area (Å²) in [4.78, 5) is 41.8. The number of hydrogen-bond acceptors (Lipinski definition) is 6. The largest absolute Gasteiger partial charge is 0.469 e. The number of piperidine rings is 1. The van der Waals surface area contributed by atoms with Crippen molar-refractivity contribution in [1.82, 2.24) is 19.7 Å². The summed E-state index contributed by atoms with van der Waals surface area (Å²) in [5.74, 6) is 0.122. The molecule has 3 heterocycles. The molecular weight excluding hydrogens is 338 g/mol. The van der Waals surface area contributed by atoms with Crippen LogP contribution in [0.15, 0.2) is 12.7 Å². The van der Waals surface area contributed by atoms with Crippen molar-refractivity contribution in [3.63, 3.8) is 0 Å². The summed E-state index contributed by atoms with van der Waals surface area (Å²) >= 11 is 0. The quantitative estimate of drug-likeness (QED) is 0.614. The van der Waals surface area contributed by atoms with Gasteiger partial charge in [-0.05, 0) is 25.3 Å². The molecule has 1 aromatic heterocycles. The average Bonchev–Trinajstić information content (AvgIpc) is 3.08. The second-order valence-electron chi connectivity index (χ2n) is 6.59. The van der Waals surface area contributed by atoms with E-state index in [2.05, 4.69) is 22.0 Å². The average molecular weight is 361 g/mol. The van der Waals surface area contributed by atoms with Gasteiger partial charge in [-0.3, -0.25) is 19.7 Å². The molecule has 9 heteroatoms. The lowest BCUT2D eigenvalue weighted by Crippen LogP contribution is -2.40. The molecule has 1 fully saturated rings. The zero-order chi connectivity index (χ0) is 18.7. The monoisotopic (exact) mass is 361 g/mol. The van der Waals surface area contributed by atoms with E-state index in [1.165, 1.54) is 13.2 Å². The Kier molecular flexibility index (Phi) is 5.34. The number of ether oxygens (including phenoxy) is 1. The van der Waals surface area contributed by atoms with Crippen molar-refractivity contribution < 1.29 is 19.1 Å². The lowest BCUT2D eigenvalue weighted by Gasteiger charge is -2.30. The Morgan fingerprint density at radius 3 is 2.62 bits per heavy atom. The van der Waals surface area contributed by atoms with Crippen LogP contribution in [0.3, 0.4) is 0 Å². The van der Waals surface area contributed by atoms with Gasteiger partial charge in [0.1, 0.15) is 5.82 Å². The van der Waals surface area contributed by atoms with E-state index >= 15 is 0 Å². The fraction of sp³-hybridized carbons (Fsp3) is 0.588. The first-order valence-electron chi connectivity index (χ1n) is 8.75. The molecule has 0 aromatic carbocycles. The molecule has 1 saturated heterocycles. The summed E-state index contributed by atoms with van der Waals surface area (Å²) in [6.45, 7) is 4.97. The van der Waals surface area contributed by atoms with Gasteiger partial charge in [-0.15, -0.1) is 5.10 Å². The minimum Gasteiger partial charge on any atom is -0.469 e. The topological polar surface area (TPSA) is 106 Å². The van der Waals surface area contributed by atoms with Gasteiger partial charge in [0.15, 0.2) is 0 Å². The van der Waals surface area contributed by atoms with Crippen molar-refractivity contribution in [1.29, 1.82) is 0 Å². The summed E-state index contributed by atoms with van der Waals surface area (Å²) in [6, 6.07) is 0. The van der Waals surface area contributed by atoms with E-state index in [1.807, 2.05) is 0 Å². The van der Waals surface area contributed by atoms with Gasteiger partial charge in [-0.25, -0.2) is 4.68 Å². The minimum atomic E-state index is -0.252. The van der Waals surface area contributed by atoms with Crippen molar-refractivity contribution in [2.45, 2.75) is 32.2 Å². The molecule has 0 spiro atoms. The third-order valence-electron chi connectivity index (χ3n) is 4.98. The summed E-state index contributed by atoms with van der Waals surface area (Å²) in [5, 5.41) is 7.06. The number of methoxy groups -OCH3 is 1. The zero-order valence-corrected chi connectivity index (χ0v) is 14.8. The molecule has 2 aliphatic heterocycles. The minimum absolute atomic E-state index is 0.104. The highest BCUT2D eigenvalue weighted by molar-refractivity contribution is 5.91. The molecule has 1 N–H and O–H groups in total. The number of nitrogens with zero attached hydrogens (tertiary/aromatic N) is 4. The van der Waals surface area contributed by atoms with Crippen molar-refractivity contribution >= 4 is 23.7 Å². The molecule has 0 bridgehead atoms. The molecule has 9 nitrogen and oxygen atoms in total. The van der Waals surface area contributed by atoms with E-state index in [1.54, 1.807) is 9.58 Å². The fourth-order valence-corrected chi connectivity index (χ4v) is 3.42. The van der Waals surface area contributed by atoms with Crippen LogP contribution in [0.5, 0.6) is 0 Å². The van der Waals surface area contributed by atoms with Crippen LogP contribution in [0.2, 0.25) is 0 Å². The number of amides is 2. The van der Waals surface area contributed by atoms with Crippen LogP contribution in [0.25, 0.3) is 0 Å². The summed E-state index contributed by atoms with van der Waals surface area (Å²) in [6.07, 6.45) is 3.77. The molecule has 2 amide bonds. The number of fused-ring (bicyclic) bond motifs is 1. The molecule has 0 radical (unpaired) electrons. The van der Waals surface area contributed by atoms with Crippen LogP contribution in [0.1, 0.15) is 25.1 Å². The van der Waals surface area contributed by atoms with Gasteiger partial charge < -0.3 is 9.64 Å².